The second-order valence-corrected chi connectivity index (χ2v) is 5.90. The van der Waals surface area contributed by atoms with Crippen LogP contribution in [-0.4, -0.2) is 47.4 Å². The first-order valence-corrected chi connectivity index (χ1v) is 8.31. The summed E-state index contributed by atoms with van der Waals surface area (Å²) in [5.41, 5.74) is 0. The molecule has 6 heteroatoms. The summed E-state index contributed by atoms with van der Waals surface area (Å²) >= 11 is 0. The molecule has 1 heterocycles. The molecule has 1 fully saturated rings. The Labute approximate surface area is 132 Å². The topological polar surface area (TPSA) is 86.7 Å². The van der Waals surface area contributed by atoms with Crippen molar-refractivity contribution < 1.29 is 19.5 Å². The summed E-state index contributed by atoms with van der Waals surface area (Å²) in [4.78, 5) is 36.2. The molecule has 1 aliphatic heterocycles. The fourth-order valence-electron chi connectivity index (χ4n) is 2.63. The summed E-state index contributed by atoms with van der Waals surface area (Å²) in [5, 5.41) is 11.5. The van der Waals surface area contributed by atoms with Gasteiger partial charge in [-0.2, -0.15) is 0 Å². The molecule has 1 aliphatic rings. The maximum Gasteiger partial charge on any atom is 0.303 e. The van der Waals surface area contributed by atoms with Gasteiger partial charge in [-0.1, -0.05) is 13.3 Å². The van der Waals surface area contributed by atoms with E-state index in [1.807, 2.05) is 0 Å². The highest BCUT2D eigenvalue weighted by atomic mass is 16.4. The molecule has 0 aromatic heterocycles. The number of piperidine rings is 1. The molecule has 2 N–H and O–H groups in total. The van der Waals surface area contributed by atoms with Crippen molar-refractivity contribution in [2.24, 2.45) is 5.92 Å². The van der Waals surface area contributed by atoms with Gasteiger partial charge in [0.2, 0.25) is 11.8 Å². The number of hydrogen-bond acceptors (Lipinski definition) is 3. The van der Waals surface area contributed by atoms with Gasteiger partial charge in [-0.3, -0.25) is 14.4 Å². The van der Waals surface area contributed by atoms with E-state index in [4.69, 9.17) is 5.11 Å². The minimum absolute atomic E-state index is 0.0212. The average Bonchev–Trinajstić information content (AvgIpc) is 2.51. The SMILES string of the molecule is CCCCNC(=O)C1CCN(C(=O)CCCCC(=O)O)CC1. The monoisotopic (exact) mass is 312 g/mol. The van der Waals surface area contributed by atoms with Crippen LogP contribution in [0.5, 0.6) is 0 Å². The lowest BCUT2D eigenvalue weighted by molar-refractivity contribution is -0.138. The summed E-state index contributed by atoms with van der Waals surface area (Å²) in [6.45, 7) is 4.08. The van der Waals surface area contributed by atoms with Crippen LogP contribution in [-0.2, 0) is 14.4 Å². The van der Waals surface area contributed by atoms with Crippen molar-refractivity contribution in [1.82, 2.24) is 10.2 Å². The van der Waals surface area contributed by atoms with Gasteiger partial charge >= 0.3 is 5.97 Å². The van der Waals surface area contributed by atoms with Crippen molar-refractivity contribution in [3.63, 3.8) is 0 Å². The number of unbranched alkanes of at least 4 members (excludes halogenated alkanes) is 2. The Hall–Kier alpha value is -1.59. The fourth-order valence-corrected chi connectivity index (χ4v) is 2.63. The molecule has 1 rings (SSSR count). The summed E-state index contributed by atoms with van der Waals surface area (Å²) in [6, 6.07) is 0. The van der Waals surface area contributed by atoms with E-state index >= 15 is 0 Å². The molecule has 0 aromatic rings. The Morgan fingerprint density at radius 1 is 1.09 bits per heavy atom. The van der Waals surface area contributed by atoms with Gasteiger partial charge in [-0.25, -0.2) is 0 Å². The summed E-state index contributed by atoms with van der Waals surface area (Å²) < 4.78 is 0. The Balaban J connectivity index is 2.19. The Morgan fingerprint density at radius 3 is 2.32 bits per heavy atom. The molecule has 2 amide bonds. The van der Waals surface area contributed by atoms with Crippen molar-refractivity contribution in [2.75, 3.05) is 19.6 Å². The van der Waals surface area contributed by atoms with Crippen molar-refractivity contribution in [2.45, 2.75) is 58.3 Å². The lowest BCUT2D eigenvalue weighted by Crippen LogP contribution is -2.43. The van der Waals surface area contributed by atoms with Gasteiger partial charge in [0.05, 0.1) is 0 Å². The van der Waals surface area contributed by atoms with E-state index < -0.39 is 5.97 Å². The molecule has 0 unspecified atom stereocenters. The van der Waals surface area contributed by atoms with E-state index in [0.717, 1.165) is 32.2 Å². The molecule has 0 aliphatic carbocycles. The van der Waals surface area contributed by atoms with Gasteiger partial charge in [0.25, 0.3) is 0 Å². The molecule has 0 aromatic carbocycles. The number of nitrogens with one attached hydrogen (secondary N) is 1. The molecule has 1 saturated heterocycles. The molecule has 0 radical (unpaired) electrons. The number of rotatable bonds is 9. The lowest BCUT2D eigenvalue weighted by atomic mass is 9.95. The van der Waals surface area contributed by atoms with Crippen LogP contribution in [0.3, 0.4) is 0 Å². The molecule has 0 saturated carbocycles. The van der Waals surface area contributed by atoms with Crippen LogP contribution < -0.4 is 5.32 Å². The van der Waals surface area contributed by atoms with E-state index in [0.29, 0.717) is 32.4 Å². The second kappa shape index (κ2) is 10.2. The first kappa shape index (κ1) is 18.5. The van der Waals surface area contributed by atoms with Gasteiger partial charge in [-0.05, 0) is 32.1 Å². The van der Waals surface area contributed by atoms with E-state index in [2.05, 4.69) is 12.2 Å². The van der Waals surface area contributed by atoms with Gasteiger partial charge in [0.1, 0.15) is 0 Å². The smallest absolute Gasteiger partial charge is 0.303 e. The van der Waals surface area contributed by atoms with Crippen molar-refractivity contribution in [3.8, 4) is 0 Å². The summed E-state index contributed by atoms with van der Waals surface area (Å²) in [6.07, 6.45) is 5.18. The minimum Gasteiger partial charge on any atom is -0.481 e. The van der Waals surface area contributed by atoms with Crippen LogP contribution in [0.1, 0.15) is 58.3 Å². The van der Waals surface area contributed by atoms with Crippen molar-refractivity contribution in [3.05, 3.63) is 0 Å². The summed E-state index contributed by atoms with van der Waals surface area (Å²) in [7, 11) is 0. The highest BCUT2D eigenvalue weighted by molar-refractivity contribution is 5.80. The quantitative estimate of drug-likeness (QED) is 0.635. The first-order valence-electron chi connectivity index (χ1n) is 8.31. The largest absolute Gasteiger partial charge is 0.481 e. The maximum atomic E-state index is 12.0. The van der Waals surface area contributed by atoms with Crippen molar-refractivity contribution in [1.29, 1.82) is 0 Å². The zero-order valence-corrected chi connectivity index (χ0v) is 13.5. The van der Waals surface area contributed by atoms with Crippen LogP contribution >= 0.6 is 0 Å². The Morgan fingerprint density at radius 2 is 1.73 bits per heavy atom. The number of carbonyl (C=O) groups is 3. The van der Waals surface area contributed by atoms with Crippen LogP contribution in [0.15, 0.2) is 0 Å². The molecule has 0 bridgehead atoms. The predicted molar refractivity (Wildman–Crippen MR) is 83.3 cm³/mol. The number of carboxylic acid groups (broad SMARTS) is 1. The highest BCUT2D eigenvalue weighted by Crippen LogP contribution is 2.18. The van der Waals surface area contributed by atoms with E-state index in [1.54, 1.807) is 4.90 Å². The van der Waals surface area contributed by atoms with Gasteiger partial charge in [0.15, 0.2) is 0 Å². The average molecular weight is 312 g/mol. The Bertz CT molecular complexity index is 376. The van der Waals surface area contributed by atoms with E-state index in [1.165, 1.54) is 0 Å². The van der Waals surface area contributed by atoms with Gasteiger partial charge < -0.3 is 15.3 Å². The first-order chi connectivity index (χ1) is 10.5. The zero-order valence-electron chi connectivity index (χ0n) is 13.5. The number of carboxylic acids is 1. The third-order valence-corrected chi connectivity index (χ3v) is 4.08. The molecular weight excluding hydrogens is 284 g/mol. The molecule has 22 heavy (non-hydrogen) atoms. The van der Waals surface area contributed by atoms with Gasteiger partial charge in [-0.15, -0.1) is 0 Å². The van der Waals surface area contributed by atoms with E-state index in [-0.39, 0.29) is 24.2 Å². The molecule has 0 spiro atoms. The minimum atomic E-state index is -0.817. The van der Waals surface area contributed by atoms with Crippen LogP contribution in [0.4, 0.5) is 0 Å². The Kier molecular flexibility index (Phi) is 8.55. The number of aliphatic carboxylic acids is 1. The molecule has 0 atom stereocenters. The van der Waals surface area contributed by atoms with Gasteiger partial charge in [0, 0.05) is 38.4 Å². The molecule has 126 valence electrons. The third kappa shape index (κ3) is 6.91. The highest BCUT2D eigenvalue weighted by Gasteiger charge is 2.26. The third-order valence-electron chi connectivity index (χ3n) is 4.08. The number of nitrogens with zero attached hydrogens (tertiary/aromatic N) is 1. The maximum absolute atomic E-state index is 12.0. The molecular formula is C16H28N2O4. The lowest BCUT2D eigenvalue weighted by Gasteiger charge is -2.31. The standard InChI is InChI=1S/C16H28N2O4/c1-2-3-10-17-16(22)13-8-11-18(12-9-13)14(19)6-4-5-7-15(20)21/h13H,2-12H2,1H3,(H,17,22)(H,20,21). The number of hydrogen-bond donors (Lipinski definition) is 2. The van der Waals surface area contributed by atoms with Crippen LogP contribution in [0.2, 0.25) is 0 Å². The number of likely N-dealkylation sites (tertiary alicyclic amines) is 1. The van der Waals surface area contributed by atoms with Crippen LogP contribution in [0, 0.1) is 5.92 Å². The normalized spacial score (nSPS) is 15.6. The van der Waals surface area contributed by atoms with Crippen LogP contribution in [0.25, 0.3) is 0 Å². The zero-order chi connectivity index (χ0) is 16.4. The second-order valence-electron chi connectivity index (χ2n) is 5.90. The molecule has 6 nitrogen and oxygen atoms in total. The van der Waals surface area contributed by atoms with Crippen molar-refractivity contribution >= 4 is 17.8 Å². The summed E-state index contributed by atoms with van der Waals surface area (Å²) in [5.74, 6) is -0.604. The number of amides is 2. The predicted octanol–water partition coefficient (Wildman–Crippen LogP) is 1.79. The fraction of sp³-hybridized carbons (Fsp3) is 0.812. The van der Waals surface area contributed by atoms with E-state index in [9.17, 15) is 14.4 Å². The number of carbonyl (C=O) groups excluding carboxylic acids is 2.